The van der Waals surface area contributed by atoms with E-state index in [-0.39, 0.29) is 0 Å². The minimum Gasteiger partial charge on any atom is -0.388 e. The van der Waals surface area contributed by atoms with Crippen LogP contribution in [0.15, 0.2) is 104 Å². The van der Waals surface area contributed by atoms with Crippen LogP contribution in [0.25, 0.3) is 32.4 Å². The van der Waals surface area contributed by atoms with Crippen molar-refractivity contribution in [1.82, 2.24) is 4.98 Å². The summed E-state index contributed by atoms with van der Waals surface area (Å²) in [5.74, 6) is 1.21. The second-order valence-electron chi connectivity index (χ2n) is 11.6. The first-order valence-electron chi connectivity index (χ1n) is 14.0. The van der Waals surface area contributed by atoms with E-state index in [0.29, 0.717) is 17.9 Å². The molecule has 0 spiro atoms. The third-order valence-electron chi connectivity index (χ3n) is 9.67. The molecule has 4 aromatic carbocycles. The van der Waals surface area contributed by atoms with Crippen LogP contribution in [0.4, 0.5) is 0 Å². The predicted molar refractivity (Wildman–Crippen MR) is 157 cm³/mol. The summed E-state index contributed by atoms with van der Waals surface area (Å²) >= 11 is 0. The molecule has 3 aliphatic heterocycles. The van der Waals surface area contributed by atoms with Crippen LogP contribution in [0, 0.1) is 11.8 Å². The van der Waals surface area contributed by atoms with Gasteiger partial charge in [-0.05, 0) is 51.2 Å². The van der Waals surface area contributed by atoms with E-state index in [1.165, 1.54) is 40.1 Å². The first-order valence-corrected chi connectivity index (χ1v) is 14.0. The van der Waals surface area contributed by atoms with Crippen LogP contribution in [-0.2, 0) is 6.54 Å². The molecule has 38 heavy (non-hydrogen) atoms. The van der Waals surface area contributed by atoms with Crippen molar-refractivity contribution in [3.63, 3.8) is 0 Å². The van der Waals surface area contributed by atoms with Crippen molar-refractivity contribution in [1.29, 1.82) is 0 Å². The summed E-state index contributed by atoms with van der Waals surface area (Å²) in [6.07, 6.45) is 6.71. The lowest BCUT2D eigenvalue weighted by molar-refractivity contribution is -0.981. The highest BCUT2D eigenvalue weighted by Gasteiger charge is 2.51. The topological polar surface area (TPSA) is 33.1 Å². The SMILES string of the molecule is C=CC1C[N+]2(Cc3c4ccccc4cc4ccccc34)CCC1CC2C[C@H](O)c1ccnc2ccccc12. The van der Waals surface area contributed by atoms with E-state index in [9.17, 15) is 5.11 Å². The van der Waals surface area contributed by atoms with Crippen molar-refractivity contribution in [2.75, 3.05) is 13.1 Å². The van der Waals surface area contributed by atoms with Gasteiger partial charge in [-0.2, -0.15) is 0 Å². The molecule has 0 radical (unpaired) electrons. The van der Waals surface area contributed by atoms with Gasteiger partial charge >= 0.3 is 0 Å². The summed E-state index contributed by atoms with van der Waals surface area (Å²) in [6, 6.07) is 30.7. The Balaban J connectivity index is 1.31. The number of aliphatic hydroxyl groups is 1. The second kappa shape index (κ2) is 9.34. The smallest absolute Gasteiger partial charge is 0.106 e. The molecule has 3 saturated heterocycles. The van der Waals surface area contributed by atoms with Gasteiger partial charge in [-0.25, -0.2) is 0 Å². The van der Waals surface area contributed by atoms with Crippen LogP contribution in [0.1, 0.15) is 36.5 Å². The molecule has 0 saturated carbocycles. The molecular formula is C35H35N2O+. The maximum absolute atomic E-state index is 11.7. The lowest BCUT2D eigenvalue weighted by Gasteiger charge is -2.57. The highest BCUT2D eigenvalue weighted by molar-refractivity contribution is 6.02. The maximum atomic E-state index is 11.7. The van der Waals surface area contributed by atoms with Gasteiger partial charge in [-0.3, -0.25) is 4.98 Å². The van der Waals surface area contributed by atoms with Gasteiger partial charge in [0, 0.05) is 42.3 Å². The maximum Gasteiger partial charge on any atom is 0.106 e. The largest absolute Gasteiger partial charge is 0.388 e. The van der Waals surface area contributed by atoms with E-state index in [1.54, 1.807) is 0 Å². The van der Waals surface area contributed by atoms with Gasteiger partial charge in [0.05, 0.1) is 30.8 Å². The van der Waals surface area contributed by atoms with Crippen LogP contribution in [-0.4, -0.2) is 33.7 Å². The molecule has 3 fully saturated rings. The molecule has 1 aromatic heterocycles. The van der Waals surface area contributed by atoms with Crippen LogP contribution in [0.5, 0.6) is 0 Å². The molecular weight excluding hydrogens is 464 g/mol. The average molecular weight is 500 g/mol. The standard InChI is InChI=1S/C35H35N2O/c1-2-24-22-37(23-33-29-11-5-3-9-26(29)19-27-10-4-6-12-30(27)33)18-16-25(24)20-28(37)21-35(38)32-15-17-36-34-14-8-7-13-31(32)34/h2-15,17,19,24-25,28,35,38H,1,16,18,20-23H2/q+1/t24?,25?,28?,35-,37?/m0/s1. The van der Waals surface area contributed by atoms with Crippen LogP contribution < -0.4 is 0 Å². The highest BCUT2D eigenvalue weighted by Crippen LogP contribution is 2.47. The number of hydrogen-bond donors (Lipinski definition) is 1. The molecule has 4 unspecified atom stereocenters. The van der Waals surface area contributed by atoms with Crippen molar-refractivity contribution in [2.24, 2.45) is 11.8 Å². The molecule has 2 bridgehead atoms. The van der Waals surface area contributed by atoms with Gasteiger partial charge in [0.25, 0.3) is 0 Å². The van der Waals surface area contributed by atoms with Gasteiger partial charge < -0.3 is 9.59 Å². The summed E-state index contributed by atoms with van der Waals surface area (Å²) < 4.78 is 1.03. The number of fused-ring (bicyclic) bond motifs is 6. The van der Waals surface area contributed by atoms with Gasteiger partial charge in [0.2, 0.25) is 0 Å². The van der Waals surface area contributed by atoms with Crippen molar-refractivity contribution in [3.8, 4) is 0 Å². The summed E-state index contributed by atoms with van der Waals surface area (Å²) in [5, 5.41) is 18.1. The number of aromatic nitrogens is 1. The number of hydrogen-bond acceptors (Lipinski definition) is 2. The molecule has 0 amide bonds. The minimum atomic E-state index is -0.506. The zero-order valence-electron chi connectivity index (χ0n) is 21.8. The van der Waals surface area contributed by atoms with Gasteiger partial charge in [-0.15, -0.1) is 6.58 Å². The van der Waals surface area contributed by atoms with Crippen LogP contribution >= 0.6 is 0 Å². The molecule has 8 rings (SSSR count). The van der Waals surface area contributed by atoms with E-state index in [2.05, 4.69) is 78.3 Å². The Morgan fingerprint density at radius 2 is 1.61 bits per heavy atom. The zero-order chi connectivity index (χ0) is 25.7. The Labute approximate surface area is 224 Å². The number of nitrogens with zero attached hydrogens (tertiary/aromatic N) is 2. The number of rotatable bonds is 6. The normalized spacial score (nSPS) is 25.7. The van der Waals surface area contributed by atoms with Crippen molar-refractivity contribution in [2.45, 2.75) is 38.0 Å². The molecule has 3 aliphatic rings. The van der Waals surface area contributed by atoms with Crippen molar-refractivity contribution >= 4 is 32.4 Å². The predicted octanol–water partition coefficient (Wildman–Crippen LogP) is 7.58. The molecule has 4 heterocycles. The quantitative estimate of drug-likeness (QED) is 0.148. The monoisotopic (exact) mass is 499 g/mol. The van der Waals surface area contributed by atoms with E-state index >= 15 is 0 Å². The van der Waals surface area contributed by atoms with E-state index < -0.39 is 6.10 Å². The summed E-state index contributed by atoms with van der Waals surface area (Å²) in [6.45, 7) is 7.51. The summed E-state index contributed by atoms with van der Waals surface area (Å²) in [5.41, 5.74) is 3.41. The third kappa shape index (κ3) is 3.84. The Morgan fingerprint density at radius 3 is 2.34 bits per heavy atom. The van der Waals surface area contributed by atoms with Crippen LogP contribution in [0.2, 0.25) is 0 Å². The van der Waals surface area contributed by atoms with Gasteiger partial charge in [-0.1, -0.05) is 72.8 Å². The molecule has 5 atom stereocenters. The number of pyridine rings is 1. The van der Waals surface area contributed by atoms with Gasteiger partial charge in [0.15, 0.2) is 0 Å². The fraction of sp³-hybridized carbons (Fsp3) is 0.286. The van der Waals surface area contributed by atoms with E-state index in [1.807, 2.05) is 30.5 Å². The Bertz CT molecular complexity index is 1600. The lowest BCUT2D eigenvalue weighted by Crippen LogP contribution is -2.66. The molecule has 3 heteroatoms. The minimum absolute atomic E-state index is 0.407. The van der Waals surface area contributed by atoms with Gasteiger partial charge in [0.1, 0.15) is 6.54 Å². The van der Waals surface area contributed by atoms with Crippen LogP contribution in [0.3, 0.4) is 0 Å². The lowest BCUT2D eigenvalue weighted by atomic mass is 9.71. The number of para-hydroxylation sites is 1. The fourth-order valence-electron chi connectivity index (χ4n) is 7.74. The molecule has 1 N–H and O–H groups in total. The highest BCUT2D eigenvalue weighted by atomic mass is 16.3. The number of benzene rings is 4. The molecule has 0 aliphatic carbocycles. The van der Waals surface area contributed by atoms with E-state index in [0.717, 1.165) is 46.9 Å². The van der Waals surface area contributed by atoms with Crippen molar-refractivity contribution in [3.05, 3.63) is 115 Å². The fourth-order valence-corrected chi connectivity index (χ4v) is 7.74. The molecule has 3 nitrogen and oxygen atoms in total. The third-order valence-corrected chi connectivity index (χ3v) is 9.67. The number of piperidine rings is 3. The first kappa shape index (κ1) is 23.6. The van der Waals surface area contributed by atoms with E-state index in [4.69, 9.17) is 0 Å². The van der Waals surface area contributed by atoms with Crippen molar-refractivity contribution < 1.29 is 9.59 Å². The number of aliphatic hydroxyl groups excluding tert-OH is 1. The Morgan fingerprint density at radius 1 is 0.921 bits per heavy atom. The molecule has 190 valence electrons. The zero-order valence-corrected chi connectivity index (χ0v) is 21.8. The molecule has 5 aromatic rings. The first-order chi connectivity index (χ1) is 18.6. The second-order valence-corrected chi connectivity index (χ2v) is 11.6. The summed E-state index contributed by atoms with van der Waals surface area (Å²) in [7, 11) is 0. The Kier molecular flexibility index (Phi) is 5.79. The average Bonchev–Trinajstić information content (AvgIpc) is 2.97. The Hall–Kier alpha value is -3.53. The number of quaternary nitrogens is 1. The summed E-state index contributed by atoms with van der Waals surface area (Å²) in [4.78, 5) is 4.53.